The van der Waals surface area contributed by atoms with Crippen molar-refractivity contribution < 1.29 is 8.83 Å². The maximum atomic E-state index is 6.47. The summed E-state index contributed by atoms with van der Waals surface area (Å²) in [6, 6.07) is 58.9. The molecule has 0 saturated heterocycles. The molecule has 0 aliphatic rings. The summed E-state index contributed by atoms with van der Waals surface area (Å²) in [5, 5.41) is 2.75. The molecule has 56 heavy (non-hydrogen) atoms. The van der Waals surface area contributed by atoms with Crippen LogP contribution in [0.4, 0.5) is 0 Å². The first kappa shape index (κ1) is 31.7. The predicted molar refractivity (Wildman–Crippen MR) is 223 cm³/mol. The van der Waals surface area contributed by atoms with Crippen LogP contribution in [0.2, 0.25) is 0 Å². The minimum Gasteiger partial charge on any atom is -0.456 e. The summed E-state index contributed by atoms with van der Waals surface area (Å²) in [6.45, 7) is 0. The summed E-state index contributed by atoms with van der Waals surface area (Å²) in [6.07, 6.45) is 0. The Balaban J connectivity index is 1.09. The summed E-state index contributed by atoms with van der Waals surface area (Å²) < 4.78 is 12.8. The fourth-order valence-electron chi connectivity index (χ4n) is 7.45. The molecule has 4 aromatic heterocycles. The van der Waals surface area contributed by atoms with Gasteiger partial charge in [0.15, 0.2) is 28.9 Å². The van der Waals surface area contributed by atoms with E-state index in [1.165, 1.54) is 0 Å². The van der Waals surface area contributed by atoms with Gasteiger partial charge in [0.25, 0.3) is 0 Å². The zero-order chi connectivity index (χ0) is 37.0. The Morgan fingerprint density at radius 1 is 0.321 bits per heavy atom. The number of furan rings is 2. The highest BCUT2D eigenvalue weighted by atomic mass is 16.3. The maximum Gasteiger partial charge on any atom is 0.180 e. The highest BCUT2D eigenvalue weighted by molar-refractivity contribution is 6.13. The Hall–Kier alpha value is -7.77. The monoisotopic (exact) mass is 719 g/mol. The van der Waals surface area contributed by atoms with E-state index in [0.717, 1.165) is 83.1 Å². The molecule has 0 atom stereocenters. The lowest BCUT2D eigenvalue weighted by atomic mass is 10.0. The summed E-state index contributed by atoms with van der Waals surface area (Å²) in [5.41, 5.74) is 11.1. The van der Waals surface area contributed by atoms with Gasteiger partial charge in [0.2, 0.25) is 0 Å². The first-order valence-electron chi connectivity index (χ1n) is 18.4. The van der Waals surface area contributed by atoms with Gasteiger partial charge in [-0.05, 0) is 47.5 Å². The number of para-hydroxylation sites is 1. The lowest BCUT2D eigenvalue weighted by Gasteiger charge is -2.10. The number of aromatic nitrogens is 5. The molecule has 0 aliphatic heterocycles. The van der Waals surface area contributed by atoms with Gasteiger partial charge < -0.3 is 8.83 Å². The van der Waals surface area contributed by atoms with Gasteiger partial charge in [-0.15, -0.1) is 0 Å². The summed E-state index contributed by atoms with van der Waals surface area (Å²) in [5.74, 6) is 2.31. The van der Waals surface area contributed by atoms with Gasteiger partial charge >= 0.3 is 0 Å². The zero-order valence-electron chi connectivity index (χ0n) is 29.8. The number of hydrogen-bond donors (Lipinski definition) is 0. The molecule has 0 spiro atoms. The van der Waals surface area contributed by atoms with Gasteiger partial charge in [-0.3, -0.25) is 0 Å². The molecule has 0 fully saturated rings. The van der Waals surface area contributed by atoms with Crippen molar-refractivity contribution in [2.75, 3.05) is 0 Å². The average molecular weight is 720 g/mol. The fourth-order valence-corrected chi connectivity index (χ4v) is 7.45. The third-order valence-electron chi connectivity index (χ3n) is 10.2. The van der Waals surface area contributed by atoms with E-state index in [0.29, 0.717) is 28.9 Å². The molecule has 0 bridgehead atoms. The van der Waals surface area contributed by atoms with Gasteiger partial charge in [-0.1, -0.05) is 140 Å². The van der Waals surface area contributed by atoms with E-state index >= 15 is 0 Å². The van der Waals surface area contributed by atoms with Crippen LogP contribution in [-0.4, -0.2) is 24.9 Å². The van der Waals surface area contributed by atoms with Crippen molar-refractivity contribution in [3.63, 3.8) is 0 Å². The van der Waals surface area contributed by atoms with Gasteiger partial charge in [0.05, 0.1) is 0 Å². The van der Waals surface area contributed by atoms with Crippen LogP contribution in [0.3, 0.4) is 0 Å². The number of benzene rings is 7. The highest BCUT2D eigenvalue weighted by Crippen LogP contribution is 2.40. The van der Waals surface area contributed by atoms with Crippen molar-refractivity contribution in [2.24, 2.45) is 0 Å². The van der Waals surface area contributed by atoms with Crippen molar-refractivity contribution in [1.82, 2.24) is 24.9 Å². The molecule has 0 unspecified atom stereocenters. The molecule has 0 saturated carbocycles. The minimum absolute atomic E-state index is 0.550. The van der Waals surface area contributed by atoms with Crippen LogP contribution in [0.25, 0.3) is 112 Å². The molecule has 0 N–H and O–H groups in total. The van der Waals surface area contributed by atoms with E-state index in [9.17, 15) is 0 Å². The third kappa shape index (κ3) is 5.41. The Morgan fingerprint density at radius 2 is 0.857 bits per heavy atom. The van der Waals surface area contributed by atoms with Crippen molar-refractivity contribution in [2.45, 2.75) is 0 Å². The molecular weight excluding hydrogens is 691 g/mol. The Labute approximate surface area is 320 Å². The van der Waals surface area contributed by atoms with Crippen molar-refractivity contribution in [3.8, 4) is 67.9 Å². The Morgan fingerprint density at radius 3 is 1.61 bits per heavy atom. The number of nitrogens with zero attached hydrogens (tertiary/aromatic N) is 5. The van der Waals surface area contributed by atoms with Crippen molar-refractivity contribution in [3.05, 3.63) is 176 Å². The number of rotatable bonds is 6. The van der Waals surface area contributed by atoms with Crippen molar-refractivity contribution >= 4 is 44.0 Å². The molecule has 11 aromatic rings. The van der Waals surface area contributed by atoms with E-state index in [4.69, 9.17) is 33.8 Å². The third-order valence-corrected chi connectivity index (χ3v) is 10.2. The quantitative estimate of drug-likeness (QED) is 0.169. The van der Waals surface area contributed by atoms with Crippen LogP contribution in [0, 0.1) is 0 Å². The molecule has 7 heteroatoms. The molecule has 0 radical (unpaired) electrons. The summed E-state index contributed by atoms with van der Waals surface area (Å²) >= 11 is 0. The molecule has 11 rings (SSSR count). The maximum absolute atomic E-state index is 6.47. The van der Waals surface area contributed by atoms with E-state index in [1.54, 1.807) is 0 Å². The predicted octanol–water partition coefficient (Wildman–Crippen LogP) is 12.5. The van der Waals surface area contributed by atoms with E-state index in [-0.39, 0.29) is 0 Å². The Bertz CT molecular complexity index is 3230. The topological polar surface area (TPSA) is 90.7 Å². The minimum atomic E-state index is 0.550. The SMILES string of the molecule is c1ccc(-c2ccc(-c3nc(-c4ccccc4)nc(-c4cccc5oc6ccc(-c7nc(-c8ccccc8)c8oc9ccccc9c8n7)cc6c45)n3)cc2)cc1. The fraction of sp³-hybridized carbons (Fsp3) is 0. The van der Waals surface area contributed by atoms with Crippen LogP contribution < -0.4 is 0 Å². The highest BCUT2D eigenvalue weighted by Gasteiger charge is 2.21. The first-order chi connectivity index (χ1) is 27.7. The van der Waals surface area contributed by atoms with Crippen LogP contribution in [0.1, 0.15) is 0 Å². The van der Waals surface area contributed by atoms with Gasteiger partial charge in [-0.25, -0.2) is 24.9 Å². The number of fused-ring (bicyclic) bond motifs is 6. The lowest BCUT2D eigenvalue weighted by Crippen LogP contribution is -2.00. The summed E-state index contributed by atoms with van der Waals surface area (Å²) in [7, 11) is 0. The van der Waals surface area contributed by atoms with E-state index < -0.39 is 0 Å². The van der Waals surface area contributed by atoms with Gasteiger partial charge in [0, 0.05) is 44.0 Å². The molecule has 262 valence electrons. The molecule has 7 nitrogen and oxygen atoms in total. The second-order valence-corrected chi connectivity index (χ2v) is 13.6. The Kier molecular flexibility index (Phi) is 7.35. The average Bonchev–Trinajstić information content (AvgIpc) is 3.85. The van der Waals surface area contributed by atoms with Gasteiger partial charge in [-0.2, -0.15) is 0 Å². The number of hydrogen-bond acceptors (Lipinski definition) is 7. The van der Waals surface area contributed by atoms with E-state index in [1.807, 2.05) is 133 Å². The first-order valence-corrected chi connectivity index (χ1v) is 18.4. The van der Waals surface area contributed by atoms with Crippen LogP contribution >= 0.6 is 0 Å². The molecular formula is C49H29N5O2. The largest absolute Gasteiger partial charge is 0.456 e. The molecule has 7 aromatic carbocycles. The second-order valence-electron chi connectivity index (χ2n) is 13.6. The lowest BCUT2D eigenvalue weighted by molar-refractivity contribution is 0.667. The standard InChI is InChI=1S/C49H29N5O2/c1-4-13-30(14-5-1)31-23-25-34(26-24-31)47-52-46(33-17-8-3-9-18-33)53-49(54-47)37-20-12-22-41-42(37)38-29-35(27-28-40(38)55-41)48-50-43(32-15-6-2-7-16-32)45-44(51-48)36-19-10-11-21-39(36)56-45/h1-29H. The van der Waals surface area contributed by atoms with Crippen molar-refractivity contribution in [1.29, 1.82) is 0 Å². The zero-order valence-corrected chi connectivity index (χ0v) is 29.8. The van der Waals surface area contributed by atoms with Gasteiger partial charge in [0.1, 0.15) is 28.0 Å². The molecule has 0 amide bonds. The second kappa shape index (κ2) is 13.0. The van der Waals surface area contributed by atoms with Crippen LogP contribution in [0.5, 0.6) is 0 Å². The summed E-state index contributed by atoms with van der Waals surface area (Å²) in [4.78, 5) is 25.5. The van der Waals surface area contributed by atoms with E-state index in [2.05, 4.69) is 42.5 Å². The normalized spacial score (nSPS) is 11.6. The van der Waals surface area contributed by atoms with Crippen LogP contribution in [0.15, 0.2) is 185 Å². The molecule has 4 heterocycles. The van der Waals surface area contributed by atoms with Crippen LogP contribution in [-0.2, 0) is 0 Å². The smallest absolute Gasteiger partial charge is 0.180 e. The molecule has 0 aliphatic carbocycles.